The van der Waals surface area contributed by atoms with E-state index in [1.807, 2.05) is 42.6 Å². The molecule has 3 rings (SSSR count). The largest absolute Gasteiger partial charge is 0.481 e. The number of alkyl halides is 1. The molecular formula is C14H18ClN3OS2. The fraction of sp³-hybridized carbons (Fsp3) is 0.571. The van der Waals surface area contributed by atoms with Crippen LogP contribution in [-0.2, 0) is 6.54 Å². The molecule has 1 aliphatic heterocycles. The number of imidazole rings is 1. The lowest BCUT2D eigenvalue weighted by molar-refractivity contribution is 0.399. The molecular weight excluding hydrogens is 326 g/mol. The van der Waals surface area contributed by atoms with Gasteiger partial charge in [-0.3, -0.25) is 0 Å². The van der Waals surface area contributed by atoms with Gasteiger partial charge in [-0.25, -0.2) is 4.98 Å². The molecule has 0 aliphatic carbocycles. The molecule has 0 radical (unpaired) electrons. The van der Waals surface area contributed by atoms with Crippen molar-refractivity contribution in [3.05, 3.63) is 18.0 Å². The van der Waals surface area contributed by atoms with E-state index in [9.17, 15) is 0 Å². The number of hydrogen-bond acceptors (Lipinski definition) is 5. The lowest BCUT2D eigenvalue weighted by Gasteiger charge is -2.22. The number of ether oxygens (including phenoxy) is 1. The summed E-state index contributed by atoms with van der Waals surface area (Å²) in [4.78, 5) is 9.22. The van der Waals surface area contributed by atoms with Crippen molar-refractivity contribution < 1.29 is 4.74 Å². The summed E-state index contributed by atoms with van der Waals surface area (Å²) in [5.74, 6) is 5.14. The zero-order valence-corrected chi connectivity index (χ0v) is 14.5. The summed E-state index contributed by atoms with van der Waals surface area (Å²) in [6.07, 6.45) is 0. The molecule has 0 amide bonds. The highest BCUT2D eigenvalue weighted by atomic mass is 35.5. The van der Waals surface area contributed by atoms with Crippen LogP contribution in [0.5, 0.6) is 5.88 Å². The van der Waals surface area contributed by atoms with Crippen LogP contribution in [0.3, 0.4) is 0 Å². The van der Waals surface area contributed by atoms with E-state index in [0.717, 1.165) is 23.5 Å². The molecule has 2 aromatic heterocycles. The summed E-state index contributed by atoms with van der Waals surface area (Å²) in [6.45, 7) is 2.86. The number of aromatic nitrogens is 3. The zero-order chi connectivity index (χ0) is 14.8. The van der Waals surface area contributed by atoms with Crippen LogP contribution >= 0.6 is 35.1 Å². The van der Waals surface area contributed by atoms with Crippen molar-refractivity contribution in [3.8, 4) is 5.88 Å². The van der Waals surface area contributed by atoms with Crippen LogP contribution in [0.4, 0.5) is 0 Å². The molecule has 0 saturated carbocycles. The Morgan fingerprint density at radius 3 is 2.95 bits per heavy atom. The molecule has 0 bridgehead atoms. The third kappa shape index (κ3) is 3.27. The van der Waals surface area contributed by atoms with Gasteiger partial charge in [0.05, 0.1) is 12.5 Å². The molecule has 1 saturated heterocycles. The first-order valence-corrected chi connectivity index (χ1v) is 9.57. The lowest BCUT2D eigenvalue weighted by Crippen LogP contribution is -2.22. The van der Waals surface area contributed by atoms with Crippen LogP contribution in [0.15, 0.2) is 12.1 Å². The molecule has 1 fully saturated rings. The highest BCUT2D eigenvalue weighted by molar-refractivity contribution is 8.06. The lowest BCUT2D eigenvalue weighted by atomic mass is 10.4. The van der Waals surface area contributed by atoms with E-state index in [1.54, 1.807) is 7.11 Å². The quantitative estimate of drug-likeness (QED) is 0.793. The van der Waals surface area contributed by atoms with Gasteiger partial charge in [-0.15, -0.1) is 11.6 Å². The zero-order valence-electron chi connectivity index (χ0n) is 12.1. The van der Waals surface area contributed by atoms with Gasteiger partial charge in [-0.2, -0.15) is 28.5 Å². The number of nitrogens with zero attached hydrogens (tertiary/aromatic N) is 3. The van der Waals surface area contributed by atoms with Crippen molar-refractivity contribution in [1.29, 1.82) is 0 Å². The number of methoxy groups -OCH3 is 1. The number of fused-ring (bicyclic) bond motifs is 1. The molecule has 114 valence electrons. The van der Waals surface area contributed by atoms with Gasteiger partial charge in [0, 0.05) is 35.1 Å². The number of hydrogen-bond donors (Lipinski definition) is 0. The van der Waals surface area contributed by atoms with Gasteiger partial charge in [0.2, 0.25) is 5.88 Å². The predicted molar refractivity (Wildman–Crippen MR) is 91.9 cm³/mol. The molecule has 0 spiro atoms. The van der Waals surface area contributed by atoms with Gasteiger partial charge in [-0.05, 0) is 13.0 Å². The van der Waals surface area contributed by atoms with Crippen LogP contribution in [0.25, 0.3) is 11.2 Å². The minimum atomic E-state index is -0.133. The topological polar surface area (TPSA) is 39.9 Å². The normalized spacial score (nSPS) is 20.6. The van der Waals surface area contributed by atoms with Crippen LogP contribution in [0.1, 0.15) is 18.1 Å². The third-order valence-electron chi connectivity index (χ3n) is 3.43. The minimum Gasteiger partial charge on any atom is -0.481 e. The molecule has 2 aromatic rings. The Hall–Kier alpha value is -0.590. The monoisotopic (exact) mass is 343 g/mol. The van der Waals surface area contributed by atoms with Gasteiger partial charge >= 0.3 is 0 Å². The first-order chi connectivity index (χ1) is 10.2. The molecule has 4 nitrogen and oxygen atoms in total. The smallest absolute Gasteiger partial charge is 0.215 e. The van der Waals surface area contributed by atoms with Crippen molar-refractivity contribution in [2.45, 2.75) is 24.1 Å². The standard InChI is InChI=1S/C14H18ClN3OS2/c1-9(15)13-16-11-3-4-12(19-2)17-14(11)18(13)7-10-8-20-5-6-21-10/h3-4,9-10H,5-8H2,1-2H3. The molecule has 3 heterocycles. The summed E-state index contributed by atoms with van der Waals surface area (Å²) >= 11 is 10.4. The number of halogens is 1. The average molecular weight is 344 g/mol. The maximum atomic E-state index is 6.32. The van der Waals surface area contributed by atoms with E-state index in [0.29, 0.717) is 11.1 Å². The second kappa shape index (κ2) is 6.67. The van der Waals surface area contributed by atoms with E-state index >= 15 is 0 Å². The fourth-order valence-electron chi connectivity index (χ4n) is 2.44. The summed E-state index contributed by atoms with van der Waals surface area (Å²) in [7, 11) is 1.63. The Balaban J connectivity index is 2.01. The first kappa shape index (κ1) is 15.3. The molecule has 1 aliphatic rings. The molecule has 2 atom stereocenters. The highest BCUT2D eigenvalue weighted by Gasteiger charge is 2.21. The van der Waals surface area contributed by atoms with Crippen LogP contribution < -0.4 is 4.74 Å². The Morgan fingerprint density at radius 1 is 1.43 bits per heavy atom. The van der Waals surface area contributed by atoms with E-state index < -0.39 is 0 Å². The van der Waals surface area contributed by atoms with Crippen LogP contribution in [0.2, 0.25) is 0 Å². The summed E-state index contributed by atoms with van der Waals surface area (Å²) in [5.41, 5.74) is 1.75. The number of rotatable bonds is 4. The SMILES string of the molecule is COc1ccc2nc(C(C)Cl)n(CC3CSCCS3)c2n1. The van der Waals surface area contributed by atoms with Crippen molar-refractivity contribution in [2.75, 3.05) is 24.4 Å². The van der Waals surface area contributed by atoms with Crippen molar-refractivity contribution in [1.82, 2.24) is 14.5 Å². The fourth-order valence-corrected chi connectivity index (χ4v) is 5.26. The molecule has 0 N–H and O–H groups in total. The molecule has 21 heavy (non-hydrogen) atoms. The molecule has 7 heteroatoms. The summed E-state index contributed by atoms with van der Waals surface area (Å²) < 4.78 is 7.41. The van der Waals surface area contributed by atoms with Gasteiger partial charge < -0.3 is 9.30 Å². The Kier molecular flexibility index (Phi) is 4.86. The third-order valence-corrected chi connectivity index (χ3v) is 6.45. The second-order valence-electron chi connectivity index (χ2n) is 4.96. The molecule has 0 aromatic carbocycles. The average Bonchev–Trinajstić information content (AvgIpc) is 2.86. The second-order valence-corrected chi connectivity index (χ2v) is 8.17. The summed E-state index contributed by atoms with van der Waals surface area (Å²) in [6, 6.07) is 3.79. The van der Waals surface area contributed by atoms with Crippen LogP contribution in [-0.4, -0.2) is 44.2 Å². The number of pyridine rings is 1. The van der Waals surface area contributed by atoms with Crippen molar-refractivity contribution in [3.63, 3.8) is 0 Å². The Labute approximate surface area is 138 Å². The minimum absolute atomic E-state index is 0.133. The predicted octanol–water partition coefficient (Wildman–Crippen LogP) is 3.59. The van der Waals surface area contributed by atoms with E-state index in [4.69, 9.17) is 16.3 Å². The Bertz CT molecular complexity index is 626. The molecule has 2 unspecified atom stereocenters. The van der Waals surface area contributed by atoms with Crippen LogP contribution in [0, 0.1) is 0 Å². The van der Waals surface area contributed by atoms with Gasteiger partial charge in [0.25, 0.3) is 0 Å². The van der Waals surface area contributed by atoms with E-state index in [2.05, 4.69) is 14.5 Å². The van der Waals surface area contributed by atoms with Crippen molar-refractivity contribution in [2.24, 2.45) is 0 Å². The summed E-state index contributed by atoms with van der Waals surface area (Å²) in [5, 5.41) is 0.453. The highest BCUT2D eigenvalue weighted by Crippen LogP contribution is 2.30. The van der Waals surface area contributed by atoms with Gasteiger partial charge in [0.1, 0.15) is 11.3 Å². The maximum Gasteiger partial charge on any atom is 0.215 e. The van der Waals surface area contributed by atoms with E-state index in [-0.39, 0.29) is 5.38 Å². The Morgan fingerprint density at radius 2 is 2.29 bits per heavy atom. The van der Waals surface area contributed by atoms with E-state index in [1.165, 1.54) is 17.3 Å². The first-order valence-electron chi connectivity index (χ1n) is 6.93. The van der Waals surface area contributed by atoms with Crippen molar-refractivity contribution >= 4 is 46.3 Å². The maximum absolute atomic E-state index is 6.32. The number of thioether (sulfide) groups is 2. The van der Waals surface area contributed by atoms with Gasteiger partial charge in [-0.1, -0.05) is 0 Å². The van der Waals surface area contributed by atoms with Gasteiger partial charge in [0.15, 0.2) is 5.65 Å².